The molecule has 0 saturated carbocycles. The molecule has 3 N–H and O–H groups in total. The molecule has 6 nitrogen and oxygen atoms in total. The normalized spacial score (nSPS) is 10.4. The van der Waals surface area contributed by atoms with Crippen molar-refractivity contribution in [1.82, 2.24) is 15.3 Å². The number of hydrogen-bond donors (Lipinski definition) is 3. The Hall–Kier alpha value is -1.37. The molecule has 0 radical (unpaired) electrons. The van der Waals surface area contributed by atoms with E-state index in [-0.39, 0.29) is 5.91 Å². The molecule has 1 rings (SSSR count). The first-order valence-electron chi connectivity index (χ1n) is 6.23. The second-order valence-electron chi connectivity index (χ2n) is 4.51. The Bertz CT molecular complexity index is 425. The Morgan fingerprint density at radius 3 is 2.68 bits per heavy atom. The summed E-state index contributed by atoms with van der Waals surface area (Å²) in [5.41, 5.74) is 0. The van der Waals surface area contributed by atoms with Crippen molar-refractivity contribution in [2.24, 2.45) is 5.92 Å². The summed E-state index contributed by atoms with van der Waals surface area (Å²) in [5, 5.41) is 8.93. The van der Waals surface area contributed by atoms with Crippen molar-refractivity contribution >= 4 is 33.5 Å². The molecule has 1 heterocycles. The highest BCUT2D eigenvalue weighted by Crippen LogP contribution is 2.25. The average molecular weight is 330 g/mol. The number of aromatic nitrogens is 2. The summed E-state index contributed by atoms with van der Waals surface area (Å²) in [7, 11) is 1.79. The molecular weight excluding hydrogens is 310 g/mol. The first-order chi connectivity index (χ1) is 9.04. The van der Waals surface area contributed by atoms with Crippen LogP contribution in [0.15, 0.2) is 10.8 Å². The van der Waals surface area contributed by atoms with Crippen LogP contribution in [-0.2, 0) is 4.79 Å². The maximum absolute atomic E-state index is 11.5. The molecule has 0 unspecified atom stereocenters. The third kappa shape index (κ3) is 5.42. The van der Waals surface area contributed by atoms with Gasteiger partial charge in [0.25, 0.3) is 0 Å². The first kappa shape index (κ1) is 15.7. The van der Waals surface area contributed by atoms with Gasteiger partial charge in [0, 0.05) is 26.6 Å². The van der Waals surface area contributed by atoms with Gasteiger partial charge in [0.05, 0.1) is 0 Å². The zero-order chi connectivity index (χ0) is 14.3. The third-order valence-corrected chi connectivity index (χ3v) is 3.13. The number of nitrogens with zero attached hydrogens (tertiary/aromatic N) is 2. The van der Waals surface area contributed by atoms with Crippen molar-refractivity contribution in [2.75, 3.05) is 30.8 Å². The van der Waals surface area contributed by atoms with E-state index in [0.717, 1.165) is 4.47 Å². The fourth-order valence-corrected chi connectivity index (χ4v) is 1.91. The summed E-state index contributed by atoms with van der Waals surface area (Å²) in [6, 6.07) is 0. The van der Waals surface area contributed by atoms with Gasteiger partial charge in [0.2, 0.25) is 5.91 Å². The molecule has 0 bridgehead atoms. The lowest BCUT2D eigenvalue weighted by Crippen LogP contribution is -2.28. The van der Waals surface area contributed by atoms with Crippen molar-refractivity contribution in [2.45, 2.75) is 20.3 Å². The van der Waals surface area contributed by atoms with Crippen molar-refractivity contribution in [3.63, 3.8) is 0 Å². The van der Waals surface area contributed by atoms with Gasteiger partial charge >= 0.3 is 0 Å². The second-order valence-corrected chi connectivity index (χ2v) is 5.30. The fourth-order valence-electron chi connectivity index (χ4n) is 1.37. The molecule has 1 aromatic rings. The molecule has 0 aliphatic heterocycles. The van der Waals surface area contributed by atoms with Gasteiger partial charge in [-0.25, -0.2) is 9.97 Å². The minimum Gasteiger partial charge on any atom is -0.372 e. The Balaban J connectivity index is 2.39. The zero-order valence-electron chi connectivity index (χ0n) is 11.5. The maximum atomic E-state index is 11.5. The van der Waals surface area contributed by atoms with E-state index in [2.05, 4.69) is 55.7 Å². The molecule has 0 aliphatic carbocycles. The van der Waals surface area contributed by atoms with E-state index >= 15 is 0 Å². The van der Waals surface area contributed by atoms with Gasteiger partial charge in [0.15, 0.2) is 0 Å². The molecule has 0 aromatic carbocycles. The highest BCUT2D eigenvalue weighted by molar-refractivity contribution is 9.10. The van der Waals surface area contributed by atoms with Crippen LogP contribution in [0.2, 0.25) is 0 Å². The van der Waals surface area contributed by atoms with Crippen LogP contribution in [0.4, 0.5) is 11.6 Å². The highest BCUT2D eigenvalue weighted by Gasteiger charge is 2.07. The lowest BCUT2D eigenvalue weighted by atomic mass is 10.2. The standard InChI is InChI=1S/C12H20BrN5O/c1-8(2)6-16-9(19)4-5-15-12-10(13)11(14-3)17-7-18-12/h7-8H,4-6H2,1-3H3,(H,16,19)(H2,14,15,17,18). The van der Waals surface area contributed by atoms with Gasteiger partial charge in [-0.15, -0.1) is 0 Å². The van der Waals surface area contributed by atoms with Gasteiger partial charge < -0.3 is 16.0 Å². The van der Waals surface area contributed by atoms with Gasteiger partial charge in [-0.3, -0.25) is 4.79 Å². The monoisotopic (exact) mass is 329 g/mol. The molecule has 7 heteroatoms. The van der Waals surface area contributed by atoms with E-state index in [4.69, 9.17) is 0 Å². The van der Waals surface area contributed by atoms with Crippen LogP contribution in [0.5, 0.6) is 0 Å². The maximum Gasteiger partial charge on any atom is 0.221 e. The van der Waals surface area contributed by atoms with E-state index in [1.165, 1.54) is 6.33 Å². The molecule has 1 aromatic heterocycles. The average Bonchev–Trinajstić information content (AvgIpc) is 2.38. The van der Waals surface area contributed by atoms with E-state index in [9.17, 15) is 4.79 Å². The first-order valence-corrected chi connectivity index (χ1v) is 7.02. The predicted octanol–water partition coefficient (Wildman–Crippen LogP) is 1.85. The Morgan fingerprint density at radius 2 is 2.05 bits per heavy atom. The number of amides is 1. The SMILES string of the molecule is CNc1ncnc(NCCC(=O)NCC(C)C)c1Br. The Morgan fingerprint density at radius 1 is 1.37 bits per heavy atom. The predicted molar refractivity (Wildman–Crippen MR) is 80.2 cm³/mol. The summed E-state index contributed by atoms with van der Waals surface area (Å²) in [6.45, 7) is 5.37. The van der Waals surface area contributed by atoms with Crippen LogP contribution >= 0.6 is 15.9 Å². The lowest BCUT2D eigenvalue weighted by Gasteiger charge is -2.10. The second kappa shape index (κ2) is 7.93. The van der Waals surface area contributed by atoms with Crippen LogP contribution in [0, 0.1) is 5.92 Å². The van der Waals surface area contributed by atoms with Crippen LogP contribution in [-0.4, -0.2) is 36.0 Å². The van der Waals surface area contributed by atoms with E-state index < -0.39 is 0 Å². The molecule has 106 valence electrons. The molecule has 0 saturated heterocycles. The van der Waals surface area contributed by atoms with Crippen molar-refractivity contribution in [3.8, 4) is 0 Å². The fraction of sp³-hybridized carbons (Fsp3) is 0.583. The number of rotatable bonds is 7. The van der Waals surface area contributed by atoms with Crippen molar-refractivity contribution < 1.29 is 4.79 Å². The number of nitrogens with one attached hydrogen (secondary N) is 3. The summed E-state index contributed by atoms with van der Waals surface area (Å²) < 4.78 is 0.764. The lowest BCUT2D eigenvalue weighted by molar-refractivity contribution is -0.120. The third-order valence-electron chi connectivity index (χ3n) is 2.38. The van der Waals surface area contributed by atoms with Gasteiger partial charge in [-0.05, 0) is 21.8 Å². The largest absolute Gasteiger partial charge is 0.372 e. The number of hydrogen-bond acceptors (Lipinski definition) is 5. The number of carbonyl (C=O) groups is 1. The molecule has 1 amide bonds. The van der Waals surface area contributed by atoms with Crippen molar-refractivity contribution in [1.29, 1.82) is 0 Å². The smallest absolute Gasteiger partial charge is 0.221 e. The Kier molecular flexibility index (Phi) is 6.55. The summed E-state index contributed by atoms with van der Waals surface area (Å²) in [5.74, 6) is 1.89. The minimum absolute atomic E-state index is 0.0419. The van der Waals surface area contributed by atoms with Gasteiger partial charge in [0.1, 0.15) is 22.4 Å². The van der Waals surface area contributed by atoms with Crippen LogP contribution in [0.25, 0.3) is 0 Å². The molecule has 0 atom stereocenters. The molecule has 0 spiro atoms. The zero-order valence-corrected chi connectivity index (χ0v) is 13.0. The van der Waals surface area contributed by atoms with E-state index in [0.29, 0.717) is 37.1 Å². The molecule has 0 fully saturated rings. The topological polar surface area (TPSA) is 78.9 Å². The highest BCUT2D eigenvalue weighted by atomic mass is 79.9. The summed E-state index contributed by atoms with van der Waals surface area (Å²) in [4.78, 5) is 19.7. The molecule has 19 heavy (non-hydrogen) atoms. The number of anilines is 2. The molecular formula is C12H20BrN5O. The van der Waals surface area contributed by atoms with Gasteiger partial charge in [-0.1, -0.05) is 13.8 Å². The summed E-state index contributed by atoms with van der Waals surface area (Å²) in [6.07, 6.45) is 1.88. The minimum atomic E-state index is 0.0419. The van der Waals surface area contributed by atoms with Crippen LogP contribution in [0.1, 0.15) is 20.3 Å². The number of carbonyl (C=O) groups excluding carboxylic acids is 1. The Labute approximate surface area is 121 Å². The van der Waals surface area contributed by atoms with E-state index in [1.807, 2.05) is 0 Å². The summed E-state index contributed by atoms with van der Waals surface area (Å²) >= 11 is 3.41. The molecule has 0 aliphatic rings. The van der Waals surface area contributed by atoms with Crippen LogP contribution < -0.4 is 16.0 Å². The quantitative estimate of drug-likeness (QED) is 0.711. The van der Waals surface area contributed by atoms with Crippen LogP contribution in [0.3, 0.4) is 0 Å². The number of halogens is 1. The van der Waals surface area contributed by atoms with E-state index in [1.54, 1.807) is 7.05 Å². The van der Waals surface area contributed by atoms with Gasteiger partial charge in [-0.2, -0.15) is 0 Å². The van der Waals surface area contributed by atoms with Crippen molar-refractivity contribution in [3.05, 3.63) is 10.8 Å².